The van der Waals surface area contributed by atoms with Crippen molar-refractivity contribution < 1.29 is 19.1 Å². The van der Waals surface area contributed by atoms with Crippen LogP contribution in [0.4, 0.5) is 10.1 Å². The van der Waals surface area contributed by atoms with Crippen LogP contribution in [0, 0.1) is 5.82 Å². The minimum absolute atomic E-state index is 0.0209. The summed E-state index contributed by atoms with van der Waals surface area (Å²) in [6.07, 6.45) is 0. The van der Waals surface area contributed by atoms with Crippen molar-refractivity contribution in [1.29, 1.82) is 0 Å². The number of hydrogen-bond acceptors (Lipinski definition) is 2. The van der Waals surface area contributed by atoms with Crippen LogP contribution in [0.3, 0.4) is 0 Å². The van der Waals surface area contributed by atoms with E-state index in [-0.39, 0.29) is 12.2 Å². The van der Waals surface area contributed by atoms with Gasteiger partial charge in [-0.05, 0) is 19.1 Å². The normalized spacial score (nSPS) is 9.73. The Morgan fingerprint density at radius 3 is 2.47 bits per heavy atom. The van der Waals surface area contributed by atoms with Crippen LogP contribution in [0.1, 0.15) is 6.92 Å². The summed E-state index contributed by atoms with van der Waals surface area (Å²) in [6, 6.07) is 5.54. The molecule has 1 rings (SSSR count). The first-order valence-electron chi connectivity index (χ1n) is 4.37. The third-order valence-electron chi connectivity index (χ3n) is 1.89. The summed E-state index contributed by atoms with van der Waals surface area (Å²) >= 11 is 0. The van der Waals surface area contributed by atoms with E-state index in [1.54, 1.807) is 6.92 Å². The molecule has 0 fully saturated rings. The Morgan fingerprint density at radius 1 is 1.40 bits per heavy atom. The summed E-state index contributed by atoms with van der Waals surface area (Å²) in [5, 5.41) is 8.52. The molecular weight excluding hydrogens is 201 g/mol. The van der Waals surface area contributed by atoms with Gasteiger partial charge in [0.05, 0.1) is 5.69 Å². The molecule has 0 bridgehead atoms. The lowest BCUT2D eigenvalue weighted by atomic mass is 10.2. The molecular formula is C10H10FNO3. The van der Waals surface area contributed by atoms with Gasteiger partial charge >= 0.3 is 11.9 Å². The van der Waals surface area contributed by atoms with Gasteiger partial charge in [0, 0.05) is 6.54 Å². The van der Waals surface area contributed by atoms with Crippen molar-refractivity contribution in [1.82, 2.24) is 0 Å². The second kappa shape index (κ2) is 4.54. The number of amides is 1. The Labute approximate surface area is 85.9 Å². The molecule has 0 aromatic heterocycles. The van der Waals surface area contributed by atoms with E-state index in [0.717, 1.165) is 4.90 Å². The smallest absolute Gasteiger partial charge is 0.394 e. The van der Waals surface area contributed by atoms with Crippen molar-refractivity contribution in [3.05, 3.63) is 30.1 Å². The number of aliphatic carboxylic acids is 1. The van der Waals surface area contributed by atoms with Crippen molar-refractivity contribution >= 4 is 17.6 Å². The van der Waals surface area contributed by atoms with Crippen LogP contribution >= 0.6 is 0 Å². The van der Waals surface area contributed by atoms with Crippen LogP contribution in [0.5, 0.6) is 0 Å². The highest BCUT2D eigenvalue weighted by molar-refractivity contribution is 6.37. The number of benzene rings is 1. The number of likely N-dealkylation sites (N-methyl/N-ethyl adjacent to an activating group) is 1. The van der Waals surface area contributed by atoms with E-state index < -0.39 is 17.7 Å². The van der Waals surface area contributed by atoms with Gasteiger partial charge in [-0.1, -0.05) is 12.1 Å². The number of carbonyl (C=O) groups excluding carboxylic acids is 1. The molecule has 0 atom stereocenters. The van der Waals surface area contributed by atoms with Gasteiger partial charge in [0.2, 0.25) is 0 Å². The Balaban J connectivity index is 3.08. The molecule has 0 unspecified atom stereocenters. The molecule has 4 nitrogen and oxygen atoms in total. The Hall–Kier alpha value is -1.91. The summed E-state index contributed by atoms with van der Waals surface area (Å²) in [7, 11) is 0. The lowest BCUT2D eigenvalue weighted by molar-refractivity contribution is -0.148. The van der Waals surface area contributed by atoms with Crippen molar-refractivity contribution in [2.75, 3.05) is 11.4 Å². The summed E-state index contributed by atoms with van der Waals surface area (Å²) in [6.45, 7) is 1.68. The molecule has 0 aliphatic carbocycles. The molecule has 0 heterocycles. The van der Waals surface area contributed by atoms with E-state index in [9.17, 15) is 14.0 Å². The largest absolute Gasteiger partial charge is 0.474 e. The number of carbonyl (C=O) groups is 2. The van der Waals surface area contributed by atoms with E-state index in [1.807, 2.05) is 0 Å². The predicted molar refractivity (Wildman–Crippen MR) is 52.1 cm³/mol. The highest BCUT2D eigenvalue weighted by Crippen LogP contribution is 2.18. The first-order chi connectivity index (χ1) is 7.07. The molecule has 0 aliphatic heterocycles. The zero-order chi connectivity index (χ0) is 11.4. The molecule has 0 saturated heterocycles. The summed E-state index contributed by atoms with van der Waals surface area (Å²) in [5.41, 5.74) is -0.0209. The maximum atomic E-state index is 13.3. The van der Waals surface area contributed by atoms with Crippen molar-refractivity contribution in [2.45, 2.75) is 6.92 Å². The van der Waals surface area contributed by atoms with E-state index >= 15 is 0 Å². The molecule has 1 amide bonds. The molecule has 0 aliphatic rings. The third-order valence-corrected chi connectivity index (χ3v) is 1.89. The van der Waals surface area contributed by atoms with Crippen LogP contribution in [-0.2, 0) is 9.59 Å². The highest BCUT2D eigenvalue weighted by atomic mass is 19.1. The van der Waals surface area contributed by atoms with E-state index in [1.165, 1.54) is 24.3 Å². The fraction of sp³-hybridized carbons (Fsp3) is 0.200. The number of carboxylic acids is 1. The number of hydrogen-bond donors (Lipinski definition) is 1. The zero-order valence-electron chi connectivity index (χ0n) is 8.11. The quantitative estimate of drug-likeness (QED) is 0.749. The van der Waals surface area contributed by atoms with Crippen LogP contribution in [0.15, 0.2) is 24.3 Å². The molecule has 0 spiro atoms. The van der Waals surface area contributed by atoms with E-state index in [0.29, 0.717) is 0 Å². The average Bonchev–Trinajstić information content (AvgIpc) is 2.21. The Kier molecular flexibility index (Phi) is 3.38. The van der Waals surface area contributed by atoms with Gasteiger partial charge in [-0.2, -0.15) is 0 Å². The first-order valence-corrected chi connectivity index (χ1v) is 4.37. The van der Waals surface area contributed by atoms with Gasteiger partial charge in [0.25, 0.3) is 0 Å². The monoisotopic (exact) mass is 211 g/mol. The number of rotatable bonds is 2. The molecule has 80 valence electrons. The van der Waals surface area contributed by atoms with Crippen molar-refractivity contribution in [3.63, 3.8) is 0 Å². The van der Waals surface area contributed by atoms with Crippen molar-refractivity contribution in [3.8, 4) is 0 Å². The minimum atomic E-state index is -1.60. The molecule has 1 N–H and O–H groups in total. The minimum Gasteiger partial charge on any atom is -0.474 e. The highest BCUT2D eigenvalue weighted by Gasteiger charge is 2.22. The van der Waals surface area contributed by atoms with Crippen molar-refractivity contribution in [2.24, 2.45) is 0 Å². The third kappa shape index (κ3) is 2.31. The Bertz CT molecular complexity index is 392. The molecule has 0 radical (unpaired) electrons. The Morgan fingerprint density at radius 2 is 2.00 bits per heavy atom. The van der Waals surface area contributed by atoms with Gasteiger partial charge in [0.15, 0.2) is 0 Å². The van der Waals surface area contributed by atoms with Gasteiger partial charge in [-0.15, -0.1) is 0 Å². The first kappa shape index (κ1) is 11.2. The zero-order valence-corrected chi connectivity index (χ0v) is 8.11. The number of nitrogens with zero attached hydrogens (tertiary/aromatic N) is 1. The van der Waals surface area contributed by atoms with Crippen LogP contribution in [0.25, 0.3) is 0 Å². The van der Waals surface area contributed by atoms with Crippen LogP contribution < -0.4 is 4.90 Å². The number of halogens is 1. The molecule has 0 saturated carbocycles. The van der Waals surface area contributed by atoms with Crippen LogP contribution in [-0.4, -0.2) is 23.5 Å². The predicted octanol–water partition coefficient (Wildman–Crippen LogP) is 1.26. The number of para-hydroxylation sites is 1. The lowest BCUT2D eigenvalue weighted by Crippen LogP contribution is -2.36. The maximum absolute atomic E-state index is 13.3. The van der Waals surface area contributed by atoms with Crippen LogP contribution in [0.2, 0.25) is 0 Å². The lowest BCUT2D eigenvalue weighted by Gasteiger charge is -2.18. The topological polar surface area (TPSA) is 57.6 Å². The molecule has 15 heavy (non-hydrogen) atoms. The maximum Gasteiger partial charge on any atom is 0.394 e. The fourth-order valence-electron chi connectivity index (χ4n) is 1.21. The number of anilines is 1. The van der Waals surface area contributed by atoms with Gasteiger partial charge in [0.1, 0.15) is 5.82 Å². The average molecular weight is 211 g/mol. The number of carboxylic acid groups (broad SMARTS) is 1. The van der Waals surface area contributed by atoms with E-state index in [4.69, 9.17) is 5.11 Å². The van der Waals surface area contributed by atoms with Gasteiger partial charge < -0.3 is 10.0 Å². The van der Waals surface area contributed by atoms with Gasteiger partial charge in [-0.25, -0.2) is 9.18 Å². The summed E-state index contributed by atoms with van der Waals surface area (Å²) < 4.78 is 13.3. The fourth-order valence-corrected chi connectivity index (χ4v) is 1.21. The standard InChI is InChI=1S/C10H10FNO3/c1-2-12(9(13)10(14)15)8-6-4-3-5-7(8)11/h3-6H,2H2,1H3,(H,14,15). The molecule has 5 heteroatoms. The summed E-state index contributed by atoms with van der Waals surface area (Å²) in [4.78, 5) is 22.5. The molecule has 1 aromatic rings. The molecule has 1 aromatic carbocycles. The van der Waals surface area contributed by atoms with E-state index in [2.05, 4.69) is 0 Å². The second-order valence-corrected chi connectivity index (χ2v) is 2.81. The second-order valence-electron chi connectivity index (χ2n) is 2.81. The SMILES string of the molecule is CCN(C(=O)C(=O)O)c1ccccc1F. The van der Waals surface area contributed by atoms with Gasteiger partial charge in [-0.3, -0.25) is 4.79 Å². The summed E-state index contributed by atoms with van der Waals surface area (Å²) in [5.74, 6) is -3.35.